The number of benzene rings is 3. The van der Waals surface area contributed by atoms with Crippen LogP contribution in [0.3, 0.4) is 0 Å². The number of allylic oxidation sites excluding steroid dienone is 2. The molecule has 0 fully saturated rings. The second-order valence-corrected chi connectivity index (χ2v) is 13.4. The van der Waals surface area contributed by atoms with Gasteiger partial charge in [-0.25, -0.2) is 4.98 Å². The molecule has 4 aromatic rings. The number of rotatable bonds is 16. The van der Waals surface area contributed by atoms with E-state index in [1.54, 1.807) is 0 Å². The molecule has 0 saturated heterocycles. The van der Waals surface area contributed by atoms with Gasteiger partial charge in [-0.05, 0) is 94.3 Å². The smallest absolute Gasteiger partial charge is 0.275 e. The highest BCUT2D eigenvalue weighted by atomic mass is 79.9. The number of amides is 1. The third kappa shape index (κ3) is 10.1. The number of carbonyl (C=O) groups excluding carboxylic acids is 1. The average molecular weight is 804 g/mol. The van der Waals surface area contributed by atoms with Gasteiger partial charge in [-0.1, -0.05) is 47.5 Å². The summed E-state index contributed by atoms with van der Waals surface area (Å²) in [7, 11) is 4.17. The van der Waals surface area contributed by atoms with Gasteiger partial charge in [0.2, 0.25) is 5.89 Å². The van der Waals surface area contributed by atoms with E-state index in [9.17, 15) is 4.79 Å². The lowest BCUT2D eigenvalue weighted by Gasteiger charge is -2.29. The summed E-state index contributed by atoms with van der Waals surface area (Å²) in [5, 5.41) is 3.02. The first kappa shape index (κ1) is 36.7. The topological polar surface area (TPSA) is 64.4 Å². The first-order chi connectivity index (χ1) is 21.1. The third-order valence-corrected chi connectivity index (χ3v) is 8.57. The number of hydrogen-bond acceptors (Lipinski definition) is 4. The zero-order valence-electron chi connectivity index (χ0n) is 26.3. The van der Waals surface area contributed by atoms with Crippen LogP contribution in [0.4, 0.5) is 0 Å². The van der Waals surface area contributed by atoms with Crippen molar-refractivity contribution in [2.45, 2.75) is 39.0 Å². The Hall–Kier alpha value is -2.72. The number of unbranched alkanes of at least 4 members (excludes halogenated alkanes) is 1. The molecule has 0 saturated carbocycles. The summed E-state index contributed by atoms with van der Waals surface area (Å²) in [5.74, 6) is 1.50. The molecule has 0 aliphatic rings. The van der Waals surface area contributed by atoms with Gasteiger partial charge in [-0.3, -0.25) is 4.79 Å². The molecule has 0 aliphatic carbocycles. The number of halogens is 3. The fourth-order valence-electron chi connectivity index (χ4n) is 5.17. The van der Waals surface area contributed by atoms with E-state index in [0.29, 0.717) is 29.9 Å². The Kier molecular flexibility index (Phi) is 14.1. The van der Waals surface area contributed by atoms with Gasteiger partial charge in [0.15, 0.2) is 12.1 Å². The van der Waals surface area contributed by atoms with Crippen LogP contribution in [0, 0.1) is 0 Å². The number of ether oxygens (including phenoxy) is 1. The molecular formula is C36H42Br3N3O3. The summed E-state index contributed by atoms with van der Waals surface area (Å²) in [6, 6.07) is 16.4. The molecule has 0 atom stereocenters. The van der Waals surface area contributed by atoms with Crippen LogP contribution in [0.2, 0.25) is 0 Å². The highest BCUT2D eigenvalue weighted by Gasteiger charge is 2.20. The van der Waals surface area contributed by atoms with Crippen LogP contribution < -0.4 is 27.0 Å². The Morgan fingerprint density at radius 1 is 1.02 bits per heavy atom. The summed E-state index contributed by atoms with van der Waals surface area (Å²) >= 11 is 7.17. The molecule has 4 rings (SSSR count). The Balaban J connectivity index is 0.00000552. The van der Waals surface area contributed by atoms with E-state index in [1.807, 2.05) is 36.4 Å². The molecule has 0 spiro atoms. The highest BCUT2D eigenvalue weighted by Crippen LogP contribution is 2.38. The lowest BCUT2D eigenvalue weighted by atomic mass is 9.97. The molecule has 6 nitrogen and oxygen atoms in total. The van der Waals surface area contributed by atoms with Crippen molar-refractivity contribution in [3.63, 3.8) is 0 Å². The largest absolute Gasteiger partial charge is 1.00 e. The minimum Gasteiger partial charge on any atom is -1.00 e. The Morgan fingerprint density at radius 3 is 2.51 bits per heavy atom. The summed E-state index contributed by atoms with van der Waals surface area (Å²) in [5.41, 5.74) is 6.58. The Morgan fingerprint density at radius 2 is 1.80 bits per heavy atom. The molecule has 0 aliphatic heterocycles. The quantitative estimate of drug-likeness (QED) is 0.0871. The number of nitrogens with zero attached hydrogens (tertiary/aromatic N) is 2. The highest BCUT2D eigenvalue weighted by molar-refractivity contribution is 9.11. The monoisotopic (exact) mass is 801 g/mol. The molecule has 0 unspecified atom stereocenters. The third-order valence-electron chi connectivity index (χ3n) is 7.42. The standard InChI is InChI=1S/C36H41Br2N3O3.BrH/c1-6-9-17-39-34(42)24-41(4,5)18-10-19-43-33-16-13-26(22-27(33)12-8-3)30-20-25(11-7-2)21-32-35(30)44-36(40-32)29-15-14-28(37)23-31(29)38;/h7-8,13-16,20-23H,2-3,6,9-12,17-19,24H2,1,4-5H3;1H. The van der Waals surface area contributed by atoms with Crippen LogP contribution in [0.1, 0.15) is 37.3 Å². The molecular weight excluding hydrogens is 762 g/mol. The first-order valence-corrected chi connectivity index (χ1v) is 16.7. The predicted molar refractivity (Wildman–Crippen MR) is 188 cm³/mol. The number of hydrogen-bond donors (Lipinski definition) is 1. The minimum atomic E-state index is 0. The van der Waals surface area contributed by atoms with Gasteiger partial charge in [0.25, 0.3) is 5.91 Å². The Bertz CT molecular complexity index is 1630. The normalized spacial score (nSPS) is 11.2. The maximum absolute atomic E-state index is 12.3. The molecule has 9 heteroatoms. The number of carbonyl (C=O) groups is 1. The fourth-order valence-corrected chi connectivity index (χ4v) is 6.39. The van der Waals surface area contributed by atoms with E-state index in [2.05, 4.69) is 95.6 Å². The number of quaternary nitrogens is 1. The maximum atomic E-state index is 12.3. The number of oxazole rings is 1. The van der Waals surface area contributed by atoms with Crippen molar-refractivity contribution in [2.75, 3.05) is 40.3 Å². The number of aromatic nitrogens is 1. The van der Waals surface area contributed by atoms with Crippen LogP contribution >= 0.6 is 31.9 Å². The molecule has 1 aromatic heterocycles. The predicted octanol–water partition coefficient (Wildman–Crippen LogP) is 5.91. The second-order valence-electron chi connectivity index (χ2n) is 11.7. The molecule has 0 bridgehead atoms. The number of nitrogens with one attached hydrogen (secondary N) is 1. The fraction of sp³-hybridized carbons (Fsp3) is 0.333. The Labute approximate surface area is 294 Å². The van der Waals surface area contributed by atoms with E-state index in [1.165, 1.54) is 0 Å². The van der Waals surface area contributed by atoms with Gasteiger partial charge in [0, 0.05) is 27.5 Å². The van der Waals surface area contributed by atoms with Crippen molar-refractivity contribution >= 4 is 48.9 Å². The van der Waals surface area contributed by atoms with Gasteiger partial charge in [-0.2, -0.15) is 0 Å². The number of fused-ring (bicyclic) bond motifs is 1. The van der Waals surface area contributed by atoms with Crippen molar-refractivity contribution in [2.24, 2.45) is 0 Å². The average Bonchev–Trinajstić information content (AvgIpc) is 3.39. The van der Waals surface area contributed by atoms with E-state index in [0.717, 1.165) is 92.4 Å². The van der Waals surface area contributed by atoms with Crippen molar-refractivity contribution in [1.82, 2.24) is 10.3 Å². The van der Waals surface area contributed by atoms with Crippen LogP contribution in [0.25, 0.3) is 33.7 Å². The van der Waals surface area contributed by atoms with Crippen molar-refractivity contribution in [1.29, 1.82) is 0 Å². The lowest BCUT2D eigenvalue weighted by molar-refractivity contribution is -0.882. The zero-order chi connectivity index (χ0) is 31.7. The van der Waals surface area contributed by atoms with E-state index < -0.39 is 0 Å². The molecule has 240 valence electrons. The van der Waals surface area contributed by atoms with Gasteiger partial charge in [0.05, 0.1) is 32.8 Å². The van der Waals surface area contributed by atoms with Crippen molar-refractivity contribution in [3.05, 3.63) is 93.9 Å². The van der Waals surface area contributed by atoms with E-state index in [4.69, 9.17) is 14.1 Å². The molecule has 1 heterocycles. The number of likely N-dealkylation sites (N-methyl/N-ethyl adjacent to an activating group) is 1. The second kappa shape index (κ2) is 17.3. The van der Waals surface area contributed by atoms with E-state index in [-0.39, 0.29) is 22.9 Å². The maximum Gasteiger partial charge on any atom is 0.275 e. The summed E-state index contributed by atoms with van der Waals surface area (Å²) in [6.45, 7) is 12.6. The van der Waals surface area contributed by atoms with Gasteiger partial charge in [-0.15, -0.1) is 13.2 Å². The minimum absolute atomic E-state index is 0. The SMILES string of the molecule is C=CCc1cc(-c2ccc(OCCC[N+](C)(C)CC(=O)NCCCC)c(CC=C)c2)c2oc(-c3ccc(Br)cc3Br)nc2c1.[Br-]. The van der Waals surface area contributed by atoms with Crippen molar-refractivity contribution < 1.29 is 35.4 Å². The first-order valence-electron chi connectivity index (χ1n) is 15.1. The molecule has 3 aromatic carbocycles. The van der Waals surface area contributed by atoms with Crippen LogP contribution in [-0.4, -0.2) is 55.7 Å². The summed E-state index contributed by atoms with van der Waals surface area (Å²) < 4.78 is 15.2. The summed E-state index contributed by atoms with van der Waals surface area (Å²) in [6.07, 6.45) is 8.10. The molecule has 45 heavy (non-hydrogen) atoms. The van der Waals surface area contributed by atoms with Gasteiger partial charge < -0.3 is 35.9 Å². The van der Waals surface area contributed by atoms with Gasteiger partial charge >= 0.3 is 0 Å². The van der Waals surface area contributed by atoms with Crippen molar-refractivity contribution in [3.8, 4) is 28.3 Å². The molecule has 1 amide bonds. The lowest BCUT2D eigenvalue weighted by Crippen LogP contribution is -3.00. The molecule has 0 radical (unpaired) electrons. The van der Waals surface area contributed by atoms with Crippen LogP contribution in [0.15, 0.2) is 87.2 Å². The van der Waals surface area contributed by atoms with Crippen LogP contribution in [-0.2, 0) is 17.6 Å². The van der Waals surface area contributed by atoms with E-state index >= 15 is 0 Å². The molecule has 1 N–H and O–H groups in total. The summed E-state index contributed by atoms with van der Waals surface area (Å²) in [4.78, 5) is 17.2. The zero-order valence-corrected chi connectivity index (χ0v) is 31.1. The van der Waals surface area contributed by atoms with Gasteiger partial charge in [0.1, 0.15) is 11.3 Å². The van der Waals surface area contributed by atoms with Crippen LogP contribution in [0.5, 0.6) is 5.75 Å².